The summed E-state index contributed by atoms with van der Waals surface area (Å²) in [6, 6.07) is 8.23. The SMILES string of the molecule is Cc1ccc(C(=O)NCCNC(C)CC2CCC2)cc1. The largest absolute Gasteiger partial charge is 0.351 e. The van der Waals surface area contributed by atoms with E-state index in [9.17, 15) is 4.79 Å². The molecule has 0 bridgehead atoms. The minimum atomic E-state index is 0.0124. The molecule has 0 heterocycles. The maximum absolute atomic E-state index is 11.9. The molecule has 2 N–H and O–H groups in total. The Morgan fingerprint density at radius 3 is 2.55 bits per heavy atom. The molecule has 0 aromatic heterocycles. The molecule has 1 fully saturated rings. The van der Waals surface area contributed by atoms with Gasteiger partial charge < -0.3 is 10.6 Å². The molecule has 1 aliphatic rings. The number of rotatable bonds is 7. The number of amides is 1. The lowest BCUT2D eigenvalue weighted by atomic mass is 9.81. The van der Waals surface area contributed by atoms with E-state index < -0.39 is 0 Å². The van der Waals surface area contributed by atoms with Crippen LogP contribution in [0.15, 0.2) is 24.3 Å². The van der Waals surface area contributed by atoms with Gasteiger partial charge in [0.2, 0.25) is 0 Å². The zero-order valence-corrected chi connectivity index (χ0v) is 12.6. The van der Waals surface area contributed by atoms with E-state index in [1.165, 1.54) is 31.2 Å². The third kappa shape index (κ3) is 4.64. The predicted molar refractivity (Wildman–Crippen MR) is 82.9 cm³/mol. The first-order valence-corrected chi connectivity index (χ1v) is 7.73. The fourth-order valence-electron chi connectivity index (χ4n) is 2.61. The highest BCUT2D eigenvalue weighted by Gasteiger charge is 2.19. The standard InChI is InChI=1S/C17H26N2O/c1-13-6-8-16(9-7-13)17(20)19-11-10-18-14(2)12-15-4-3-5-15/h6-9,14-15,18H,3-5,10-12H2,1-2H3,(H,19,20). The highest BCUT2D eigenvalue weighted by Crippen LogP contribution is 2.30. The molecule has 1 atom stereocenters. The van der Waals surface area contributed by atoms with E-state index in [1.807, 2.05) is 31.2 Å². The molecule has 1 aromatic rings. The van der Waals surface area contributed by atoms with Crippen LogP contribution in [-0.2, 0) is 0 Å². The maximum atomic E-state index is 11.9. The molecular weight excluding hydrogens is 248 g/mol. The van der Waals surface area contributed by atoms with Crippen molar-refractivity contribution in [1.82, 2.24) is 10.6 Å². The average molecular weight is 274 g/mol. The van der Waals surface area contributed by atoms with Gasteiger partial charge >= 0.3 is 0 Å². The van der Waals surface area contributed by atoms with Crippen LogP contribution >= 0.6 is 0 Å². The molecule has 20 heavy (non-hydrogen) atoms. The lowest BCUT2D eigenvalue weighted by molar-refractivity contribution is 0.0953. The van der Waals surface area contributed by atoms with Crippen LogP contribution in [0.1, 0.15) is 48.5 Å². The van der Waals surface area contributed by atoms with E-state index in [0.29, 0.717) is 12.6 Å². The van der Waals surface area contributed by atoms with Crippen molar-refractivity contribution in [3.05, 3.63) is 35.4 Å². The summed E-state index contributed by atoms with van der Waals surface area (Å²) in [6.07, 6.45) is 5.47. The molecule has 1 saturated carbocycles. The van der Waals surface area contributed by atoms with E-state index in [2.05, 4.69) is 17.6 Å². The van der Waals surface area contributed by atoms with Gasteiger partial charge in [0, 0.05) is 24.7 Å². The molecular formula is C17H26N2O. The van der Waals surface area contributed by atoms with Crippen molar-refractivity contribution in [2.75, 3.05) is 13.1 Å². The van der Waals surface area contributed by atoms with Crippen molar-refractivity contribution >= 4 is 5.91 Å². The second-order valence-corrected chi connectivity index (χ2v) is 6.01. The molecule has 0 aliphatic heterocycles. The molecule has 0 saturated heterocycles. The Bertz CT molecular complexity index is 423. The van der Waals surface area contributed by atoms with Crippen LogP contribution in [-0.4, -0.2) is 25.0 Å². The summed E-state index contributed by atoms with van der Waals surface area (Å²) in [5.74, 6) is 0.943. The molecule has 110 valence electrons. The van der Waals surface area contributed by atoms with Gasteiger partial charge in [-0.1, -0.05) is 37.0 Å². The van der Waals surface area contributed by atoms with Crippen LogP contribution in [0.5, 0.6) is 0 Å². The van der Waals surface area contributed by atoms with Gasteiger partial charge in [-0.25, -0.2) is 0 Å². The predicted octanol–water partition coefficient (Wildman–Crippen LogP) is 2.89. The molecule has 1 amide bonds. The van der Waals surface area contributed by atoms with Gasteiger partial charge in [0.05, 0.1) is 0 Å². The Balaban J connectivity index is 1.60. The summed E-state index contributed by atoms with van der Waals surface area (Å²) in [5.41, 5.74) is 1.91. The minimum Gasteiger partial charge on any atom is -0.351 e. The first-order chi connectivity index (χ1) is 9.65. The Morgan fingerprint density at radius 2 is 1.95 bits per heavy atom. The lowest BCUT2D eigenvalue weighted by Gasteiger charge is -2.28. The van der Waals surface area contributed by atoms with Crippen LogP contribution < -0.4 is 10.6 Å². The summed E-state index contributed by atoms with van der Waals surface area (Å²) in [7, 11) is 0. The van der Waals surface area contributed by atoms with Crippen LogP contribution in [0.2, 0.25) is 0 Å². The fourth-order valence-corrected chi connectivity index (χ4v) is 2.61. The van der Waals surface area contributed by atoms with E-state index in [-0.39, 0.29) is 5.91 Å². The van der Waals surface area contributed by atoms with Crippen molar-refractivity contribution < 1.29 is 4.79 Å². The Hall–Kier alpha value is -1.35. The van der Waals surface area contributed by atoms with Gasteiger partial charge in [0.1, 0.15) is 0 Å². The van der Waals surface area contributed by atoms with Crippen LogP contribution in [0, 0.1) is 12.8 Å². The van der Waals surface area contributed by atoms with Crippen LogP contribution in [0.4, 0.5) is 0 Å². The summed E-state index contributed by atoms with van der Waals surface area (Å²) < 4.78 is 0. The molecule has 1 unspecified atom stereocenters. The third-order valence-corrected chi connectivity index (χ3v) is 4.13. The number of carbonyl (C=O) groups is 1. The zero-order chi connectivity index (χ0) is 14.4. The van der Waals surface area contributed by atoms with Crippen molar-refractivity contribution in [3.8, 4) is 0 Å². The smallest absolute Gasteiger partial charge is 0.251 e. The third-order valence-electron chi connectivity index (χ3n) is 4.13. The van der Waals surface area contributed by atoms with Crippen molar-refractivity contribution in [2.45, 2.75) is 45.6 Å². The summed E-state index contributed by atoms with van der Waals surface area (Å²) >= 11 is 0. The first kappa shape index (κ1) is 15.0. The molecule has 1 aliphatic carbocycles. The van der Waals surface area contributed by atoms with E-state index in [4.69, 9.17) is 0 Å². The zero-order valence-electron chi connectivity index (χ0n) is 12.6. The number of hydrogen-bond acceptors (Lipinski definition) is 2. The molecule has 1 aromatic carbocycles. The van der Waals surface area contributed by atoms with Gasteiger partial charge in [-0.3, -0.25) is 4.79 Å². The highest BCUT2D eigenvalue weighted by molar-refractivity contribution is 5.94. The van der Waals surface area contributed by atoms with Gasteiger partial charge in [-0.15, -0.1) is 0 Å². The first-order valence-electron chi connectivity index (χ1n) is 7.73. The monoisotopic (exact) mass is 274 g/mol. The average Bonchev–Trinajstić information content (AvgIpc) is 2.39. The summed E-state index contributed by atoms with van der Waals surface area (Å²) in [6.45, 7) is 5.78. The second kappa shape index (κ2) is 7.44. The Labute approximate surface area is 122 Å². The van der Waals surface area contributed by atoms with Gasteiger partial charge in [-0.2, -0.15) is 0 Å². The Morgan fingerprint density at radius 1 is 1.25 bits per heavy atom. The molecule has 0 spiro atoms. The van der Waals surface area contributed by atoms with Gasteiger partial charge in [-0.05, 0) is 38.3 Å². The number of nitrogens with one attached hydrogen (secondary N) is 2. The van der Waals surface area contributed by atoms with Gasteiger partial charge in [0.15, 0.2) is 0 Å². The maximum Gasteiger partial charge on any atom is 0.251 e. The highest BCUT2D eigenvalue weighted by atomic mass is 16.1. The van der Waals surface area contributed by atoms with E-state index >= 15 is 0 Å². The topological polar surface area (TPSA) is 41.1 Å². The van der Waals surface area contributed by atoms with E-state index in [1.54, 1.807) is 0 Å². The van der Waals surface area contributed by atoms with Crippen molar-refractivity contribution in [3.63, 3.8) is 0 Å². The number of hydrogen-bond donors (Lipinski definition) is 2. The molecule has 2 rings (SSSR count). The minimum absolute atomic E-state index is 0.0124. The van der Waals surface area contributed by atoms with Crippen LogP contribution in [0.25, 0.3) is 0 Å². The Kier molecular flexibility index (Phi) is 5.60. The number of carbonyl (C=O) groups excluding carboxylic acids is 1. The number of benzene rings is 1. The summed E-state index contributed by atoms with van der Waals surface area (Å²) in [4.78, 5) is 11.9. The van der Waals surface area contributed by atoms with Crippen molar-refractivity contribution in [2.24, 2.45) is 5.92 Å². The van der Waals surface area contributed by atoms with E-state index in [0.717, 1.165) is 18.0 Å². The molecule has 3 heteroatoms. The summed E-state index contributed by atoms with van der Waals surface area (Å²) in [5, 5.41) is 6.44. The molecule has 0 radical (unpaired) electrons. The molecule has 3 nitrogen and oxygen atoms in total. The number of aryl methyl sites for hydroxylation is 1. The quantitative estimate of drug-likeness (QED) is 0.751. The normalized spacial score (nSPS) is 16.5. The lowest BCUT2D eigenvalue weighted by Crippen LogP contribution is -2.37. The fraction of sp³-hybridized carbons (Fsp3) is 0.588. The van der Waals surface area contributed by atoms with Crippen molar-refractivity contribution in [1.29, 1.82) is 0 Å². The van der Waals surface area contributed by atoms with Gasteiger partial charge in [0.25, 0.3) is 5.91 Å². The second-order valence-electron chi connectivity index (χ2n) is 6.01. The van der Waals surface area contributed by atoms with Crippen LogP contribution in [0.3, 0.4) is 0 Å².